The van der Waals surface area contributed by atoms with Gasteiger partial charge in [0.05, 0.1) is 0 Å². The van der Waals surface area contributed by atoms with Gasteiger partial charge < -0.3 is 19.5 Å². The van der Waals surface area contributed by atoms with E-state index in [0.717, 1.165) is 31.5 Å². The summed E-state index contributed by atoms with van der Waals surface area (Å²) in [5, 5.41) is 2.89. The van der Waals surface area contributed by atoms with E-state index in [9.17, 15) is 9.59 Å². The summed E-state index contributed by atoms with van der Waals surface area (Å²) in [7, 11) is 3.92. The lowest BCUT2D eigenvalue weighted by atomic mass is 10.0. The van der Waals surface area contributed by atoms with Crippen LogP contribution >= 0.6 is 0 Å². The number of piperidine rings is 1. The number of amides is 2. The number of aromatic nitrogens is 1. The summed E-state index contributed by atoms with van der Waals surface area (Å²) in [6.45, 7) is 3.78. The number of hydrogen-bond acceptors (Lipinski definition) is 5. The molecule has 1 atom stereocenters. The Hall–Kier alpha value is -2.67. The van der Waals surface area contributed by atoms with Crippen LogP contribution in [0.3, 0.4) is 0 Å². The first-order valence-electron chi connectivity index (χ1n) is 10.2. The molecule has 2 aromatic rings. The molecule has 2 amide bonds. The number of carbonyl (C=O) groups is 2. The van der Waals surface area contributed by atoms with Gasteiger partial charge in [-0.25, -0.2) is 4.98 Å². The zero-order valence-electron chi connectivity index (χ0n) is 17.4. The zero-order chi connectivity index (χ0) is 20.8. The van der Waals surface area contributed by atoms with Gasteiger partial charge in [0.2, 0.25) is 11.8 Å². The third kappa shape index (κ3) is 5.67. The Balaban J connectivity index is 1.51. The first-order valence-corrected chi connectivity index (χ1v) is 10.2. The van der Waals surface area contributed by atoms with Gasteiger partial charge in [0.1, 0.15) is 12.3 Å². The highest BCUT2D eigenvalue weighted by Crippen LogP contribution is 2.18. The van der Waals surface area contributed by atoms with E-state index < -0.39 is 6.04 Å². The van der Waals surface area contributed by atoms with E-state index in [4.69, 9.17) is 4.42 Å². The number of oxazole rings is 1. The standard InChI is InChI=1S/C22H30N4O3/c1-16(23-20(27)10-9-17-7-5-4-6-8-17)21-24-19(15-29-21)22(28)26(3)18-11-13-25(2)14-12-18/h4-8,15-16,18H,9-14H2,1-3H3,(H,23,27)/t16-/m0/s1. The predicted octanol–water partition coefficient (Wildman–Crippen LogP) is 2.65. The summed E-state index contributed by atoms with van der Waals surface area (Å²) >= 11 is 0. The Morgan fingerprint density at radius 1 is 1.28 bits per heavy atom. The van der Waals surface area contributed by atoms with Gasteiger partial charge in [-0.2, -0.15) is 0 Å². The normalized spacial score (nSPS) is 16.4. The fraction of sp³-hybridized carbons (Fsp3) is 0.500. The lowest BCUT2D eigenvalue weighted by molar-refractivity contribution is -0.121. The molecule has 1 aromatic heterocycles. The van der Waals surface area contributed by atoms with Gasteiger partial charge in [0, 0.05) is 19.5 Å². The molecule has 0 radical (unpaired) electrons. The Morgan fingerprint density at radius 2 is 1.97 bits per heavy atom. The van der Waals surface area contributed by atoms with Crippen molar-refractivity contribution in [2.45, 2.75) is 44.7 Å². The minimum absolute atomic E-state index is 0.0733. The smallest absolute Gasteiger partial charge is 0.275 e. The van der Waals surface area contributed by atoms with E-state index in [1.807, 2.05) is 37.4 Å². The highest BCUT2D eigenvalue weighted by Gasteiger charge is 2.27. The molecule has 7 heteroatoms. The molecule has 1 N–H and O–H groups in total. The molecule has 0 bridgehead atoms. The number of nitrogens with one attached hydrogen (secondary N) is 1. The predicted molar refractivity (Wildman–Crippen MR) is 110 cm³/mol. The molecule has 1 aliphatic heterocycles. The van der Waals surface area contributed by atoms with Crippen molar-refractivity contribution < 1.29 is 14.0 Å². The lowest BCUT2D eigenvalue weighted by Crippen LogP contribution is -2.44. The summed E-state index contributed by atoms with van der Waals surface area (Å²) in [4.78, 5) is 33.3. The maximum atomic E-state index is 12.7. The van der Waals surface area contributed by atoms with Crippen molar-refractivity contribution in [1.82, 2.24) is 20.1 Å². The van der Waals surface area contributed by atoms with Gasteiger partial charge >= 0.3 is 0 Å². The van der Waals surface area contributed by atoms with E-state index in [-0.39, 0.29) is 23.6 Å². The van der Waals surface area contributed by atoms with Crippen molar-refractivity contribution in [1.29, 1.82) is 0 Å². The largest absolute Gasteiger partial charge is 0.446 e. The first kappa shape index (κ1) is 21.0. The van der Waals surface area contributed by atoms with E-state index in [1.54, 1.807) is 11.8 Å². The van der Waals surface area contributed by atoms with Crippen molar-refractivity contribution in [3.05, 3.63) is 53.7 Å². The molecule has 3 rings (SSSR count). The van der Waals surface area contributed by atoms with Crippen LogP contribution in [-0.2, 0) is 11.2 Å². The molecule has 0 aliphatic carbocycles. The molecule has 1 aliphatic rings. The Bertz CT molecular complexity index is 812. The SMILES string of the molecule is C[C@H](NC(=O)CCc1ccccc1)c1nc(C(=O)N(C)C2CCN(C)CC2)co1. The second-order valence-corrected chi connectivity index (χ2v) is 7.80. The van der Waals surface area contributed by atoms with E-state index >= 15 is 0 Å². The monoisotopic (exact) mass is 398 g/mol. The van der Waals surface area contributed by atoms with Crippen LogP contribution in [0.25, 0.3) is 0 Å². The number of hydrogen-bond donors (Lipinski definition) is 1. The quantitative estimate of drug-likeness (QED) is 0.776. The Labute approximate surface area is 172 Å². The van der Waals surface area contributed by atoms with Gasteiger partial charge in [-0.3, -0.25) is 9.59 Å². The summed E-state index contributed by atoms with van der Waals surface area (Å²) in [6, 6.07) is 9.71. The minimum Gasteiger partial charge on any atom is -0.446 e. The highest BCUT2D eigenvalue weighted by molar-refractivity contribution is 5.92. The van der Waals surface area contributed by atoms with Crippen molar-refractivity contribution in [2.75, 3.05) is 27.2 Å². The fourth-order valence-electron chi connectivity index (χ4n) is 3.59. The van der Waals surface area contributed by atoms with Crippen LogP contribution in [0.2, 0.25) is 0 Å². The van der Waals surface area contributed by atoms with Crippen LogP contribution in [-0.4, -0.2) is 59.8 Å². The molecule has 7 nitrogen and oxygen atoms in total. The zero-order valence-corrected chi connectivity index (χ0v) is 17.4. The van der Waals surface area contributed by atoms with Gasteiger partial charge in [0.15, 0.2) is 5.69 Å². The highest BCUT2D eigenvalue weighted by atomic mass is 16.3. The molecule has 1 fully saturated rings. The van der Waals surface area contributed by atoms with E-state index in [0.29, 0.717) is 18.7 Å². The van der Waals surface area contributed by atoms with Crippen molar-refractivity contribution in [3.8, 4) is 0 Å². The van der Waals surface area contributed by atoms with Gasteiger partial charge in [0.25, 0.3) is 5.91 Å². The molecule has 0 spiro atoms. The van der Waals surface area contributed by atoms with E-state index in [1.165, 1.54) is 6.26 Å². The van der Waals surface area contributed by atoms with Crippen LogP contribution in [0, 0.1) is 0 Å². The summed E-state index contributed by atoms with van der Waals surface area (Å²) in [5.74, 6) is 0.131. The van der Waals surface area contributed by atoms with Crippen LogP contribution in [0.4, 0.5) is 0 Å². The summed E-state index contributed by atoms with van der Waals surface area (Å²) in [5.41, 5.74) is 1.41. The van der Waals surface area contributed by atoms with Gasteiger partial charge in [-0.15, -0.1) is 0 Å². The topological polar surface area (TPSA) is 78.7 Å². The van der Waals surface area contributed by atoms with Crippen LogP contribution in [0.1, 0.15) is 54.2 Å². The van der Waals surface area contributed by atoms with Crippen molar-refractivity contribution >= 4 is 11.8 Å². The number of rotatable bonds is 7. The van der Waals surface area contributed by atoms with Crippen LogP contribution < -0.4 is 5.32 Å². The van der Waals surface area contributed by atoms with Gasteiger partial charge in [-0.1, -0.05) is 30.3 Å². The maximum Gasteiger partial charge on any atom is 0.275 e. The second kappa shape index (κ2) is 9.69. The minimum atomic E-state index is -0.395. The summed E-state index contributed by atoms with van der Waals surface area (Å²) in [6.07, 6.45) is 4.36. The maximum absolute atomic E-state index is 12.7. The average Bonchev–Trinajstić information content (AvgIpc) is 3.23. The molecular weight excluding hydrogens is 368 g/mol. The fourth-order valence-corrected chi connectivity index (χ4v) is 3.59. The number of carbonyl (C=O) groups excluding carboxylic acids is 2. The van der Waals surface area contributed by atoms with Gasteiger partial charge in [-0.05, 0) is 51.9 Å². The second-order valence-electron chi connectivity index (χ2n) is 7.80. The number of benzene rings is 1. The third-order valence-corrected chi connectivity index (χ3v) is 5.53. The average molecular weight is 399 g/mol. The van der Waals surface area contributed by atoms with Crippen LogP contribution in [0.15, 0.2) is 41.0 Å². The molecule has 1 saturated heterocycles. The molecule has 0 unspecified atom stereocenters. The molecule has 156 valence electrons. The molecule has 2 heterocycles. The first-order chi connectivity index (χ1) is 13.9. The molecule has 1 aromatic carbocycles. The molecule has 0 saturated carbocycles. The number of likely N-dealkylation sites (tertiary alicyclic amines) is 1. The number of aryl methyl sites for hydroxylation is 1. The number of nitrogens with zero attached hydrogens (tertiary/aromatic N) is 3. The Morgan fingerprint density at radius 3 is 2.66 bits per heavy atom. The van der Waals surface area contributed by atoms with E-state index in [2.05, 4.69) is 22.2 Å². The Kier molecular flexibility index (Phi) is 7.04. The summed E-state index contributed by atoms with van der Waals surface area (Å²) < 4.78 is 5.48. The van der Waals surface area contributed by atoms with Crippen LogP contribution in [0.5, 0.6) is 0 Å². The lowest BCUT2D eigenvalue weighted by Gasteiger charge is -2.34. The molecular formula is C22H30N4O3. The van der Waals surface area contributed by atoms with Crippen molar-refractivity contribution in [2.24, 2.45) is 0 Å². The molecule has 29 heavy (non-hydrogen) atoms. The third-order valence-electron chi connectivity index (χ3n) is 5.53. The van der Waals surface area contributed by atoms with Crippen molar-refractivity contribution in [3.63, 3.8) is 0 Å².